The molecule has 0 fully saturated rings. The van der Waals surface area contributed by atoms with Gasteiger partial charge in [0, 0.05) is 18.3 Å². The van der Waals surface area contributed by atoms with Gasteiger partial charge in [0.15, 0.2) is 11.6 Å². The molecule has 0 saturated carbocycles. The predicted octanol–water partition coefficient (Wildman–Crippen LogP) is 2.40. The number of anilines is 1. The SMILES string of the molecule is CC(C)CC(C)(CN)Nc1ncccc1F. The van der Waals surface area contributed by atoms with Gasteiger partial charge in [0.25, 0.3) is 0 Å². The molecular weight excluding hydrogens is 205 g/mol. The van der Waals surface area contributed by atoms with Gasteiger partial charge in [0.1, 0.15) is 0 Å². The minimum absolute atomic E-state index is 0.274. The molecule has 1 aromatic heterocycles. The normalized spacial score (nSPS) is 14.9. The minimum Gasteiger partial charge on any atom is -0.361 e. The van der Waals surface area contributed by atoms with Crippen molar-refractivity contribution >= 4 is 5.82 Å². The molecule has 0 aromatic carbocycles. The van der Waals surface area contributed by atoms with E-state index < -0.39 is 0 Å². The molecule has 0 aliphatic rings. The third-order valence-corrected chi connectivity index (χ3v) is 2.49. The van der Waals surface area contributed by atoms with Crippen LogP contribution in [0.3, 0.4) is 0 Å². The molecule has 0 saturated heterocycles. The highest BCUT2D eigenvalue weighted by Crippen LogP contribution is 2.21. The summed E-state index contributed by atoms with van der Waals surface area (Å²) in [5, 5.41) is 3.09. The van der Waals surface area contributed by atoms with Crippen LogP contribution >= 0.6 is 0 Å². The summed E-state index contributed by atoms with van der Waals surface area (Å²) in [6.45, 7) is 6.66. The summed E-state index contributed by atoms with van der Waals surface area (Å²) >= 11 is 0. The zero-order chi connectivity index (χ0) is 12.2. The first-order valence-electron chi connectivity index (χ1n) is 5.55. The van der Waals surface area contributed by atoms with Crippen LogP contribution in [0, 0.1) is 11.7 Å². The number of hydrogen-bond donors (Lipinski definition) is 2. The lowest BCUT2D eigenvalue weighted by atomic mass is 9.91. The number of nitrogens with two attached hydrogens (primary N) is 1. The fraction of sp³-hybridized carbons (Fsp3) is 0.583. The molecule has 1 heterocycles. The zero-order valence-corrected chi connectivity index (χ0v) is 10.1. The topological polar surface area (TPSA) is 50.9 Å². The third kappa shape index (κ3) is 3.45. The summed E-state index contributed by atoms with van der Waals surface area (Å²) < 4.78 is 13.4. The van der Waals surface area contributed by atoms with Crippen molar-refractivity contribution in [3.63, 3.8) is 0 Å². The van der Waals surface area contributed by atoms with Gasteiger partial charge in [-0.05, 0) is 31.4 Å². The maximum Gasteiger partial charge on any atom is 0.165 e. The van der Waals surface area contributed by atoms with E-state index in [1.54, 1.807) is 12.3 Å². The summed E-state index contributed by atoms with van der Waals surface area (Å²) in [6, 6.07) is 2.96. The van der Waals surface area contributed by atoms with E-state index >= 15 is 0 Å². The van der Waals surface area contributed by atoms with Crippen molar-refractivity contribution in [1.29, 1.82) is 0 Å². The van der Waals surface area contributed by atoms with Crippen molar-refractivity contribution in [2.24, 2.45) is 11.7 Å². The average Bonchev–Trinajstić information content (AvgIpc) is 2.20. The van der Waals surface area contributed by atoms with Crippen molar-refractivity contribution in [2.45, 2.75) is 32.7 Å². The van der Waals surface area contributed by atoms with Crippen molar-refractivity contribution in [2.75, 3.05) is 11.9 Å². The van der Waals surface area contributed by atoms with Gasteiger partial charge in [-0.15, -0.1) is 0 Å². The lowest BCUT2D eigenvalue weighted by Gasteiger charge is -2.31. The Morgan fingerprint density at radius 2 is 2.25 bits per heavy atom. The fourth-order valence-corrected chi connectivity index (χ4v) is 1.85. The Kier molecular flexibility index (Phi) is 4.24. The largest absolute Gasteiger partial charge is 0.361 e. The van der Waals surface area contributed by atoms with Gasteiger partial charge < -0.3 is 11.1 Å². The van der Waals surface area contributed by atoms with Crippen LogP contribution in [0.4, 0.5) is 10.2 Å². The van der Waals surface area contributed by atoms with Crippen LogP contribution in [-0.4, -0.2) is 17.1 Å². The van der Waals surface area contributed by atoms with Crippen molar-refractivity contribution in [3.8, 4) is 0 Å². The number of nitrogens with zero attached hydrogens (tertiary/aromatic N) is 1. The summed E-state index contributed by atoms with van der Waals surface area (Å²) in [7, 11) is 0. The predicted molar refractivity (Wildman–Crippen MR) is 64.7 cm³/mol. The highest BCUT2D eigenvalue weighted by atomic mass is 19.1. The van der Waals surface area contributed by atoms with Gasteiger partial charge in [0.2, 0.25) is 0 Å². The van der Waals surface area contributed by atoms with Gasteiger partial charge in [0.05, 0.1) is 0 Å². The molecule has 3 nitrogen and oxygen atoms in total. The van der Waals surface area contributed by atoms with E-state index in [1.807, 2.05) is 6.92 Å². The molecule has 0 amide bonds. The van der Waals surface area contributed by atoms with E-state index in [9.17, 15) is 4.39 Å². The summed E-state index contributed by atoms with van der Waals surface area (Å²) in [5.74, 6) is 0.426. The molecule has 90 valence electrons. The summed E-state index contributed by atoms with van der Waals surface area (Å²) in [5.41, 5.74) is 5.42. The van der Waals surface area contributed by atoms with E-state index in [1.165, 1.54) is 6.07 Å². The van der Waals surface area contributed by atoms with Crippen LogP contribution in [0.2, 0.25) is 0 Å². The number of nitrogens with one attached hydrogen (secondary N) is 1. The highest BCUT2D eigenvalue weighted by Gasteiger charge is 2.24. The monoisotopic (exact) mass is 225 g/mol. The maximum absolute atomic E-state index is 13.4. The Morgan fingerprint density at radius 3 is 2.75 bits per heavy atom. The fourth-order valence-electron chi connectivity index (χ4n) is 1.85. The van der Waals surface area contributed by atoms with Crippen LogP contribution < -0.4 is 11.1 Å². The van der Waals surface area contributed by atoms with Crippen LogP contribution in [0.15, 0.2) is 18.3 Å². The summed E-state index contributed by atoms with van der Waals surface area (Å²) in [4.78, 5) is 3.98. The number of aromatic nitrogens is 1. The van der Waals surface area contributed by atoms with Crippen molar-refractivity contribution in [3.05, 3.63) is 24.1 Å². The van der Waals surface area contributed by atoms with Crippen molar-refractivity contribution in [1.82, 2.24) is 4.98 Å². The number of hydrogen-bond acceptors (Lipinski definition) is 3. The van der Waals surface area contributed by atoms with Gasteiger partial charge in [-0.2, -0.15) is 0 Å². The quantitative estimate of drug-likeness (QED) is 0.809. The van der Waals surface area contributed by atoms with Gasteiger partial charge in [-0.25, -0.2) is 9.37 Å². The molecule has 1 atom stereocenters. The van der Waals surface area contributed by atoms with E-state index in [4.69, 9.17) is 5.73 Å². The van der Waals surface area contributed by atoms with Gasteiger partial charge in [-0.3, -0.25) is 0 Å². The standard InChI is InChI=1S/C12H20FN3/c1-9(2)7-12(3,8-14)16-11-10(13)5-4-6-15-11/h4-6,9H,7-8,14H2,1-3H3,(H,15,16). The van der Waals surface area contributed by atoms with Crippen LogP contribution in [0.25, 0.3) is 0 Å². The first-order chi connectivity index (χ1) is 7.47. The number of rotatable bonds is 5. The molecule has 1 unspecified atom stereocenters. The number of halogens is 1. The molecule has 0 spiro atoms. The van der Waals surface area contributed by atoms with E-state index in [2.05, 4.69) is 24.1 Å². The molecule has 0 aliphatic heterocycles. The summed E-state index contributed by atoms with van der Waals surface area (Å²) in [6.07, 6.45) is 2.44. The molecule has 4 heteroatoms. The Balaban J connectivity index is 2.81. The Morgan fingerprint density at radius 1 is 1.56 bits per heavy atom. The zero-order valence-electron chi connectivity index (χ0n) is 10.1. The van der Waals surface area contributed by atoms with Crippen LogP contribution in [0.5, 0.6) is 0 Å². The first kappa shape index (κ1) is 12.9. The Bertz CT molecular complexity index is 341. The lowest BCUT2D eigenvalue weighted by molar-refractivity contribution is 0.403. The lowest BCUT2D eigenvalue weighted by Crippen LogP contribution is -2.44. The molecule has 1 rings (SSSR count). The van der Waals surface area contributed by atoms with Crippen LogP contribution in [0.1, 0.15) is 27.2 Å². The Labute approximate surface area is 96.3 Å². The van der Waals surface area contributed by atoms with Crippen molar-refractivity contribution < 1.29 is 4.39 Å². The second kappa shape index (κ2) is 5.25. The van der Waals surface area contributed by atoms with E-state index in [0.717, 1.165) is 6.42 Å². The molecule has 1 aromatic rings. The molecule has 0 bridgehead atoms. The molecule has 0 aliphatic carbocycles. The molecule has 16 heavy (non-hydrogen) atoms. The van der Waals surface area contributed by atoms with Crippen LogP contribution in [-0.2, 0) is 0 Å². The minimum atomic E-state index is -0.342. The molecule has 3 N–H and O–H groups in total. The first-order valence-corrected chi connectivity index (χ1v) is 5.55. The third-order valence-electron chi connectivity index (χ3n) is 2.49. The maximum atomic E-state index is 13.4. The van der Waals surface area contributed by atoms with Gasteiger partial charge >= 0.3 is 0 Å². The van der Waals surface area contributed by atoms with E-state index in [-0.39, 0.29) is 17.2 Å². The average molecular weight is 225 g/mol. The Hall–Kier alpha value is -1.16. The highest BCUT2D eigenvalue weighted by molar-refractivity contribution is 5.38. The molecule has 0 radical (unpaired) electrons. The molecular formula is C12H20FN3. The second-order valence-corrected chi connectivity index (χ2v) is 4.82. The number of pyridine rings is 1. The van der Waals surface area contributed by atoms with E-state index in [0.29, 0.717) is 12.5 Å². The second-order valence-electron chi connectivity index (χ2n) is 4.82. The van der Waals surface area contributed by atoms with Gasteiger partial charge in [-0.1, -0.05) is 13.8 Å². The smallest absolute Gasteiger partial charge is 0.165 e.